The van der Waals surface area contributed by atoms with E-state index in [-0.39, 0.29) is 33.5 Å². The summed E-state index contributed by atoms with van der Waals surface area (Å²) in [5, 5.41) is 11.4. The number of nitrogens with zero attached hydrogens (tertiary/aromatic N) is 2. The van der Waals surface area contributed by atoms with E-state index < -0.39 is 23.5 Å². The zero-order chi connectivity index (χ0) is 22.1. The number of aliphatic hydroxyl groups is 1. The van der Waals surface area contributed by atoms with Crippen LogP contribution in [-0.2, 0) is 16.1 Å². The van der Waals surface area contributed by atoms with Gasteiger partial charge in [-0.2, -0.15) is 0 Å². The molecule has 1 unspecified atom stereocenters. The number of likely N-dealkylation sites (tertiary alicyclic amines) is 1. The molecule has 1 N–H and O–H groups in total. The molecule has 0 saturated carbocycles. The van der Waals surface area contributed by atoms with Crippen LogP contribution in [0.5, 0.6) is 5.75 Å². The number of halogens is 2. The lowest BCUT2D eigenvalue weighted by Crippen LogP contribution is -2.29. The number of hydrogen-bond acceptors (Lipinski definition) is 6. The van der Waals surface area contributed by atoms with Gasteiger partial charge in [-0.3, -0.25) is 14.6 Å². The minimum Gasteiger partial charge on any atom is -0.507 e. The lowest BCUT2D eigenvalue weighted by atomic mass is 9.96. The highest BCUT2D eigenvalue weighted by molar-refractivity contribution is 6.46. The molecule has 7 nitrogen and oxygen atoms in total. The minimum absolute atomic E-state index is 0.0471. The van der Waals surface area contributed by atoms with Gasteiger partial charge in [0, 0.05) is 18.0 Å². The zero-order valence-electron chi connectivity index (χ0n) is 16.2. The maximum absolute atomic E-state index is 13.0. The van der Waals surface area contributed by atoms with Gasteiger partial charge in [-0.25, -0.2) is 0 Å². The van der Waals surface area contributed by atoms with E-state index in [1.807, 2.05) is 0 Å². The van der Waals surface area contributed by atoms with Crippen LogP contribution < -0.4 is 4.74 Å². The Bertz CT molecular complexity index is 1150. The molecule has 0 bridgehead atoms. The molecule has 1 atom stereocenters. The molecule has 3 heterocycles. The van der Waals surface area contributed by atoms with Crippen molar-refractivity contribution in [1.82, 2.24) is 9.88 Å². The largest absolute Gasteiger partial charge is 0.507 e. The molecular weight excluding hydrogens is 443 g/mol. The first-order valence-corrected chi connectivity index (χ1v) is 9.92. The predicted octanol–water partition coefficient (Wildman–Crippen LogP) is 4.61. The van der Waals surface area contributed by atoms with Gasteiger partial charge in [0.2, 0.25) is 0 Å². The van der Waals surface area contributed by atoms with Crippen molar-refractivity contribution in [1.29, 1.82) is 0 Å². The first kappa shape index (κ1) is 21.0. The molecule has 0 radical (unpaired) electrons. The molecule has 0 aliphatic carbocycles. The van der Waals surface area contributed by atoms with Crippen LogP contribution in [0.1, 0.15) is 22.9 Å². The predicted molar refractivity (Wildman–Crippen MR) is 114 cm³/mol. The number of amides is 1. The normalized spacial score (nSPS) is 17.9. The Balaban J connectivity index is 1.88. The summed E-state index contributed by atoms with van der Waals surface area (Å²) in [4.78, 5) is 31.2. The Morgan fingerprint density at radius 2 is 1.87 bits per heavy atom. The molecule has 158 valence electrons. The number of methoxy groups -OCH3 is 1. The number of carbonyl (C=O) groups is 2. The van der Waals surface area contributed by atoms with E-state index in [1.165, 1.54) is 30.4 Å². The van der Waals surface area contributed by atoms with E-state index in [4.69, 9.17) is 32.4 Å². The van der Waals surface area contributed by atoms with Crippen molar-refractivity contribution in [3.8, 4) is 5.75 Å². The summed E-state index contributed by atoms with van der Waals surface area (Å²) >= 11 is 12.4. The molecular formula is C22H16Cl2N2O5. The minimum atomic E-state index is -0.854. The molecule has 1 aliphatic heterocycles. The number of ketones is 1. The number of furan rings is 1. The second kappa shape index (κ2) is 8.45. The molecule has 1 amide bonds. The van der Waals surface area contributed by atoms with Crippen molar-refractivity contribution in [3.63, 3.8) is 0 Å². The highest BCUT2D eigenvalue weighted by Crippen LogP contribution is 2.42. The molecule has 0 spiro atoms. The van der Waals surface area contributed by atoms with Gasteiger partial charge >= 0.3 is 0 Å². The topological polar surface area (TPSA) is 92.9 Å². The average molecular weight is 459 g/mol. The van der Waals surface area contributed by atoms with Crippen molar-refractivity contribution in [3.05, 3.63) is 87.6 Å². The standard InChI is InChI=1S/C22H16Cl2N2O5/c1-30-21-15(23)9-13(10-16(21)24)19(27)17-18(12-4-6-25-7-5-12)26(22(29)20(17)28)11-14-3-2-8-31-14/h2-10,18,27H,11H2,1H3/b19-17+. The molecule has 1 aliphatic rings. The Hall–Kier alpha value is -3.29. The second-order valence-corrected chi connectivity index (χ2v) is 7.57. The lowest BCUT2D eigenvalue weighted by molar-refractivity contribution is -0.140. The molecule has 31 heavy (non-hydrogen) atoms. The van der Waals surface area contributed by atoms with Gasteiger partial charge in [-0.05, 0) is 42.0 Å². The van der Waals surface area contributed by atoms with Crippen molar-refractivity contribution in [2.45, 2.75) is 12.6 Å². The number of aliphatic hydroxyl groups excluding tert-OH is 1. The summed E-state index contributed by atoms with van der Waals surface area (Å²) in [5.74, 6) is -1.24. The lowest BCUT2D eigenvalue weighted by Gasteiger charge is -2.24. The molecule has 2 aromatic heterocycles. The smallest absolute Gasteiger partial charge is 0.296 e. The Labute approximate surface area is 187 Å². The van der Waals surface area contributed by atoms with E-state index in [0.29, 0.717) is 11.3 Å². The highest BCUT2D eigenvalue weighted by Gasteiger charge is 2.46. The van der Waals surface area contributed by atoms with Crippen LogP contribution in [0.15, 0.2) is 65.0 Å². The van der Waals surface area contributed by atoms with Gasteiger partial charge in [0.05, 0.1) is 41.6 Å². The number of pyridine rings is 1. The number of carbonyl (C=O) groups excluding carboxylic acids is 2. The molecule has 1 fully saturated rings. The molecule has 9 heteroatoms. The van der Waals surface area contributed by atoms with Crippen molar-refractivity contribution in [2.75, 3.05) is 7.11 Å². The van der Waals surface area contributed by atoms with Gasteiger partial charge < -0.3 is 19.2 Å². The molecule has 3 aromatic rings. The van der Waals surface area contributed by atoms with Crippen LogP contribution in [0, 0.1) is 0 Å². The summed E-state index contributed by atoms with van der Waals surface area (Å²) in [5.41, 5.74) is 0.707. The Morgan fingerprint density at radius 3 is 2.45 bits per heavy atom. The van der Waals surface area contributed by atoms with Crippen LogP contribution >= 0.6 is 23.2 Å². The number of benzene rings is 1. The maximum Gasteiger partial charge on any atom is 0.296 e. The van der Waals surface area contributed by atoms with Crippen molar-refractivity contribution in [2.24, 2.45) is 0 Å². The van der Waals surface area contributed by atoms with E-state index >= 15 is 0 Å². The summed E-state index contributed by atoms with van der Waals surface area (Å²) < 4.78 is 10.5. The second-order valence-electron chi connectivity index (χ2n) is 6.76. The Kier molecular flexibility index (Phi) is 5.71. The fourth-order valence-corrected chi connectivity index (χ4v) is 4.19. The van der Waals surface area contributed by atoms with Gasteiger partial charge in [0.1, 0.15) is 11.5 Å². The number of Topliss-reactive ketones (excluding diaryl/α,β-unsaturated/α-hetero) is 1. The van der Waals surface area contributed by atoms with E-state index in [0.717, 1.165) is 0 Å². The monoisotopic (exact) mass is 458 g/mol. The quantitative estimate of drug-likeness (QED) is 0.340. The van der Waals surface area contributed by atoms with Gasteiger partial charge in [-0.1, -0.05) is 23.2 Å². The van der Waals surface area contributed by atoms with Crippen molar-refractivity contribution < 1.29 is 23.8 Å². The first-order valence-electron chi connectivity index (χ1n) is 9.16. The molecule has 1 saturated heterocycles. The molecule has 1 aromatic carbocycles. The highest BCUT2D eigenvalue weighted by atomic mass is 35.5. The number of ether oxygens (including phenoxy) is 1. The Morgan fingerprint density at radius 1 is 1.19 bits per heavy atom. The van der Waals surface area contributed by atoms with Gasteiger partial charge in [0.25, 0.3) is 11.7 Å². The average Bonchev–Trinajstić information content (AvgIpc) is 3.36. The van der Waals surface area contributed by atoms with Gasteiger partial charge in [-0.15, -0.1) is 0 Å². The maximum atomic E-state index is 13.0. The SMILES string of the molecule is COc1c(Cl)cc(/C(O)=C2\C(=O)C(=O)N(Cc3ccco3)C2c2ccncc2)cc1Cl. The fraction of sp³-hybridized carbons (Fsp3) is 0.136. The number of rotatable bonds is 5. The van der Waals surface area contributed by atoms with Crippen LogP contribution in [0.2, 0.25) is 10.0 Å². The number of hydrogen-bond donors (Lipinski definition) is 1. The summed E-state index contributed by atoms with van der Waals surface area (Å²) in [6, 6.07) is 8.73. The fourth-order valence-electron chi connectivity index (χ4n) is 3.55. The summed E-state index contributed by atoms with van der Waals surface area (Å²) in [7, 11) is 1.41. The number of aromatic nitrogens is 1. The third-order valence-electron chi connectivity index (χ3n) is 4.94. The van der Waals surface area contributed by atoms with Crippen molar-refractivity contribution >= 4 is 40.7 Å². The van der Waals surface area contributed by atoms with E-state index in [2.05, 4.69) is 4.98 Å². The summed E-state index contributed by atoms with van der Waals surface area (Å²) in [6.45, 7) is 0.0471. The van der Waals surface area contributed by atoms with Crippen LogP contribution in [0.3, 0.4) is 0 Å². The third kappa shape index (κ3) is 3.78. The third-order valence-corrected chi connectivity index (χ3v) is 5.51. The zero-order valence-corrected chi connectivity index (χ0v) is 17.7. The van der Waals surface area contributed by atoms with Gasteiger partial charge in [0.15, 0.2) is 5.75 Å². The van der Waals surface area contributed by atoms with Crippen LogP contribution in [-0.4, -0.2) is 33.8 Å². The summed E-state index contributed by atoms with van der Waals surface area (Å²) in [6.07, 6.45) is 4.57. The van der Waals surface area contributed by atoms with E-state index in [9.17, 15) is 14.7 Å². The molecule has 4 rings (SSSR count). The van der Waals surface area contributed by atoms with E-state index in [1.54, 1.807) is 36.7 Å². The first-order chi connectivity index (χ1) is 14.9. The van der Waals surface area contributed by atoms with Crippen LogP contribution in [0.4, 0.5) is 0 Å². The van der Waals surface area contributed by atoms with Crippen LogP contribution in [0.25, 0.3) is 5.76 Å².